The van der Waals surface area contributed by atoms with Gasteiger partial charge in [-0.15, -0.1) is 0 Å². The number of carbonyl (C=O) groups excluding carboxylic acids is 1. The third-order valence-electron chi connectivity index (χ3n) is 3.17. The summed E-state index contributed by atoms with van der Waals surface area (Å²) in [4.78, 5) is 22.8. The molecular weight excluding hydrogens is 298 g/mol. The van der Waals surface area contributed by atoms with Crippen molar-refractivity contribution in [3.05, 3.63) is 0 Å². The summed E-state index contributed by atoms with van der Waals surface area (Å²) in [5, 5.41) is 57.4. The Morgan fingerprint density at radius 2 is 1.55 bits per heavy atom. The van der Waals surface area contributed by atoms with Crippen molar-refractivity contribution in [1.29, 1.82) is 0 Å². The van der Waals surface area contributed by atoms with Crippen LogP contribution in [0.3, 0.4) is 0 Å². The minimum absolute atomic E-state index is 0.142. The van der Waals surface area contributed by atoms with Crippen LogP contribution in [0.2, 0.25) is 0 Å². The molecule has 9 heteroatoms. The van der Waals surface area contributed by atoms with E-state index >= 15 is 0 Å². The molecule has 7 N–H and O–H groups in total. The first kappa shape index (κ1) is 20.7. The molecule has 0 aliphatic heterocycles. The van der Waals surface area contributed by atoms with Crippen molar-refractivity contribution >= 4 is 11.9 Å². The smallest absolute Gasteiger partial charge is 0.326 e. The maximum absolute atomic E-state index is 11.7. The fourth-order valence-electron chi connectivity index (χ4n) is 1.69. The van der Waals surface area contributed by atoms with Crippen molar-refractivity contribution in [1.82, 2.24) is 5.32 Å². The quantitative estimate of drug-likeness (QED) is 0.230. The van der Waals surface area contributed by atoms with E-state index in [0.29, 0.717) is 6.42 Å². The lowest BCUT2D eigenvalue weighted by molar-refractivity contribution is -0.153. The van der Waals surface area contributed by atoms with Gasteiger partial charge < -0.3 is 36.0 Å². The van der Waals surface area contributed by atoms with Gasteiger partial charge in [-0.2, -0.15) is 0 Å². The summed E-state index contributed by atoms with van der Waals surface area (Å²) in [6.07, 6.45) is -7.23. The number of carboxylic acids is 1. The standard InChI is InChI=1S/C13H25NO8/c1-6(2)3-4-7(13(21)22)14-12(20)11(19)10(18)9(17)8(16)5-15/h6-11,15-19H,3-5H2,1-2H3,(H,14,20)(H,21,22)/t7-,8?,9?,10?,11?/m0/s1. The van der Waals surface area contributed by atoms with Crippen LogP contribution in [-0.2, 0) is 9.59 Å². The molecule has 130 valence electrons. The van der Waals surface area contributed by atoms with E-state index in [1.165, 1.54) is 0 Å². The maximum Gasteiger partial charge on any atom is 0.326 e. The molecular formula is C13H25NO8. The SMILES string of the molecule is CC(C)CC[C@H](NC(=O)C(O)C(O)C(O)C(O)CO)C(=O)O. The van der Waals surface area contributed by atoms with Crippen LogP contribution >= 0.6 is 0 Å². The maximum atomic E-state index is 11.7. The molecule has 4 unspecified atom stereocenters. The molecule has 9 nitrogen and oxygen atoms in total. The van der Waals surface area contributed by atoms with Crippen molar-refractivity contribution in [3.8, 4) is 0 Å². The lowest BCUT2D eigenvalue weighted by Crippen LogP contribution is -2.54. The average Bonchev–Trinajstić information content (AvgIpc) is 2.47. The number of carbonyl (C=O) groups is 2. The zero-order chi connectivity index (χ0) is 17.4. The van der Waals surface area contributed by atoms with Crippen LogP contribution < -0.4 is 5.32 Å². The summed E-state index contributed by atoms with van der Waals surface area (Å²) in [6.45, 7) is 2.89. The minimum atomic E-state index is -2.14. The Labute approximate surface area is 128 Å². The molecule has 0 saturated heterocycles. The van der Waals surface area contributed by atoms with E-state index < -0.39 is 48.9 Å². The summed E-state index contributed by atoms with van der Waals surface area (Å²) in [6, 6.07) is -1.24. The van der Waals surface area contributed by atoms with E-state index in [-0.39, 0.29) is 12.3 Å². The van der Waals surface area contributed by atoms with Gasteiger partial charge in [0, 0.05) is 0 Å². The van der Waals surface area contributed by atoms with E-state index in [4.69, 9.17) is 15.3 Å². The van der Waals surface area contributed by atoms with Gasteiger partial charge in [0.25, 0.3) is 5.91 Å². The van der Waals surface area contributed by atoms with Crippen LogP contribution in [0.4, 0.5) is 0 Å². The zero-order valence-corrected chi connectivity index (χ0v) is 12.6. The molecule has 0 spiro atoms. The molecule has 22 heavy (non-hydrogen) atoms. The van der Waals surface area contributed by atoms with Crippen LogP contribution in [0.5, 0.6) is 0 Å². The second-order valence-electron chi connectivity index (χ2n) is 5.55. The number of aliphatic carboxylic acids is 1. The first-order valence-electron chi connectivity index (χ1n) is 6.98. The average molecular weight is 323 g/mol. The Balaban J connectivity index is 4.68. The van der Waals surface area contributed by atoms with E-state index in [1.54, 1.807) is 0 Å². The Bertz CT molecular complexity index is 362. The normalized spacial score (nSPS) is 18.4. The molecule has 0 aromatic heterocycles. The number of amides is 1. The Hall–Kier alpha value is -1.26. The predicted octanol–water partition coefficient (Wildman–Crippen LogP) is -2.57. The van der Waals surface area contributed by atoms with Gasteiger partial charge in [0.1, 0.15) is 24.4 Å². The second kappa shape index (κ2) is 9.70. The molecule has 0 bridgehead atoms. The first-order valence-corrected chi connectivity index (χ1v) is 6.98. The predicted molar refractivity (Wildman–Crippen MR) is 74.8 cm³/mol. The highest BCUT2D eigenvalue weighted by atomic mass is 16.4. The number of hydrogen-bond donors (Lipinski definition) is 7. The molecule has 0 fully saturated rings. The molecule has 0 saturated carbocycles. The van der Waals surface area contributed by atoms with Gasteiger partial charge >= 0.3 is 5.97 Å². The highest BCUT2D eigenvalue weighted by molar-refractivity contribution is 5.86. The van der Waals surface area contributed by atoms with Crippen molar-refractivity contribution in [2.75, 3.05) is 6.61 Å². The molecule has 0 aliphatic carbocycles. The van der Waals surface area contributed by atoms with Gasteiger partial charge in [0.15, 0.2) is 6.10 Å². The Morgan fingerprint density at radius 1 is 1.00 bits per heavy atom. The highest BCUT2D eigenvalue weighted by Crippen LogP contribution is 2.09. The third-order valence-corrected chi connectivity index (χ3v) is 3.17. The van der Waals surface area contributed by atoms with Gasteiger partial charge in [-0.05, 0) is 18.8 Å². The van der Waals surface area contributed by atoms with Crippen LogP contribution in [0.25, 0.3) is 0 Å². The van der Waals surface area contributed by atoms with Gasteiger partial charge in [-0.1, -0.05) is 13.8 Å². The number of aliphatic hydroxyl groups excluding tert-OH is 5. The van der Waals surface area contributed by atoms with Gasteiger partial charge in [0.05, 0.1) is 6.61 Å². The lowest BCUT2D eigenvalue weighted by Gasteiger charge is -2.26. The van der Waals surface area contributed by atoms with Gasteiger partial charge in [-0.3, -0.25) is 4.79 Å². The van der Waals surface area contributed by atoms with Gasteiger partial charge in [-0.25, -0.2) is 4.79 Å². The number of aliphatic hydroxyl groups is 5. The molecule has 0 radical (unpaired) electrons. The molecule has 0 rings (SSSR count). The van der Waals surface area contributed by atoms with E-state index in [1.807, 2.05) is 13.8 Å². The largest absolute Gasteiger partial charge is 0.480 e. The summed E-state index contributed by atoms with van der Waals surface area (Å²) in [5.41, 5.74) is 0. The van der Waals surface area contributed by atoms with Crippen molar-refractivity contribution < 1.29 is 40.2 Å². The molecule has 0 aromatic rings. The van der Waals surface area contributed by atoms with Crippen LogP contribution in [0.1, 0.15) is 26.7 Å². The summed E-state index contributed by atoms with van der Waals surface area (Å²) < 4.78 is 0. The van der Waals surface area contributed by atoms with Crippen molar-refractivity contribution in [2.45, 2.75) is 57.1 Å². The van der Waals surface area contributed by atoms with Crippen LogP contribution in [-0.4, -0.2) is 79.6 Å². The Morgan fingerprint density at radius 3 is 1.95 bits per heavy atom. The fraction of sp³-hybridized carbons (Fsp3) is 0.846. The molecule has 0 heterocycles. The monoisotopic (exact) mass is 323 g/mol. The van der Waals surface area contributed by atoms with Crippen LogP contribution in [0.15, 0.2) is 0 Å². The minimum Gasteiger partial charge on any atom is -0.480 e. The van der Waals surface area contributed by atoms with E-state index in [0.717, 1.165) is 0 Å². The summed E-state index contributed by atoms with van der Waals surface area (Å²) in [5.74, 6) is -2.25. The number of nitrogens with one attached hydrogen (secondary N) is 1. The molecule has 0 aliphatic rings. The lowest BCUT2D eigenvalue weighted by atomic mass is 10.0. The molecule has 0 aromatic carbocycles. The third kappa shape index (κ3) is 6.67. The van der Waals surface area contributed by atoms with E-state index in [2.05, 4.69) is 5.32 Å². The van der Waals surface area contributed by atoms with Crippen LogP contribution in [0, 0.1) is 5.92 Å². The number of carboxylic acid groups (broad SMARTS) is 1. The van der Waals surface area contributed by atoms with E-state index in [9.17, 15) is 24.9 Å². The second-order valence-corrected chi connectivity index (χ2v) is 5.55. The Kier molecular flexibility index (Phi) is 9.14. The number of rotatable bonds is 10. The molecule has 1 amide bonds. The topological polar surface area (TPSA) is 168 Å². The fourth-order valence-corrected chi connectivity index (χ4v) is 1.69. The number of hydrogen-bond acceptors (Lipinski definition) is 7. The highest BCUT2D eigenvalue weighted by Gasteiger charge is 2.35. The first-order chi connectivity index (χ1) is 10.1. The van der Waals surface area contributed by atoms with Crippen molar-refractivity contribution in [3.63, 3.8) is 0 Å². The zero-order valence-electron chi connectivity index (χ0n) is 12.6. The molecule has 5 atom stereocenters. The van der Waals surface area contributed by atoms with Gasteiger partial charge in [0.2, 0.25) is 0 Å². The summed E-state index contributed by atoms with van der Waals surface area (Å²) >= 11 is 0. The van der Waals surface area contributed by atoms with Crippen molar-refractivity contribution in [2.24, 2.45) is 5.92 Å². The summed E-state index contributed by atoms with van der Waals surface area (Å²) in [7, 11) is 0.